The molecule has 0 N–H and O–H groups in total. The van der Waals surface area contributed by atoms with Gasteiger partial charge < -0.3 is 4.52 Å². The van der Waals surface area contributed by atoms with Gasteiger partial charge in [0.2, 0.25) is 0 Å². The number of Topliss-reactive ketones (excluding diaryl/α,β-unsaturated/α-hetero) is 1. The van der Waals surface area contributed by atoms with Gasteiger partial charge in [-0.05, 0) is 13.8 Å². The normalized spacial score (nSPS) is 10.6. The van der Waals surface area contributed by atoms with Crippen molar-refractivity contribution in [3.8, 4) is 10.6 Å². The van der Waals surface area contributed by atoms with Crippen molar-refractivity contribution < 1.29 is 9.32 Å². The molecule has 0 spiro atoms. The highest BCUT2D eigenvalue weighted by atomic mass is 32.1. The largest absolute Gasteiger partial charge is 0.361 e. The molecule has 0 atom stereocenters. The zero-order valence-corrected chi connectivity index (χ0v) is 9.51. The zero-order valence-electron chi connectivity index (χ0n) is 8.70. The average Bonchev–Trinajstić information content (AvgIpc) is 2.73. The molecule has 5 heteroatoms. The lowest BCUT2D eigenvalue weighted by Gasteiger charge is -1.91. The van der Waals surface area contributed by atoms with Gasteiger partial charge in [0.05, 0.1) is 11.3 Å². The first kappa shape index (κ1) is 10.0. The first-order valence-electron chi connectivity index (χ1n) is 4.49. The van der Waals surface area contributed by atoms with Crippen molar-refractivity contribution in [2.24, 2.45) is 0 Å². The van der Waals surface area contributed by atoms with E-state index >= 15 is 0 Å². The van der Waals surface area contributed by atoms with Crippen LogP contribution in [-0.4, -0.2) is 15.9 Å². The number of carbonyl (C=O) groups excluding carboxylic acids is 1. The summed E-state index contributed by atoms with van der Waals surface area (Å²) < 4.78 is 5.05. The Bertz CT molecular complexity index is 494. The van der Waals surface area contributed by atoms with Gasteiger partial charge in [-0.3, -0.25) is 4.79 Å². The van der Waals surface area contributed by atoms with E-state index in [1.165, 1.54) is 18.3 Å². The fourth-order valence-electron chi connectivity index (χ4n) is 1.34. The van der Waals surface area contributed by atoms with Crippen LogP contribution in [0, 0.1) is 13.8 Å². The van der Waals surface area contributed by atoms with Gasteiger partial charge in [0.15, 0.2) is 5.78 Å². The predicted molar refractivity (Wildman–Crippen MR) is 57.1 cm³/mol. The molecule has 0 saturated heterocycles. The van der Waals surface area contributed by atoms with Crippen LogP contribution in [0.3, 0.4) is 0 Å². The van der Waals surface area contributed by atoms with Crippen molar-refractivity contribution >= 4 is 17.1 Å². The number of ketones is 1. The molecule has 4 nitrogen and oxygen atoms in total. The van der Waals surface area contributed by atoms with E-state index in [9.17, 15) is 4.79 Å². The molecule has 15 heavy (non-hydrogen) atoms. The van der Waals surface area contributed by atoms with Crippen LogP contribution in [-0.2, 0) is 0 Å². The smallest absolute Gasteiger partial charge is 0.178 e. The molecule has 0 radical (unpaired) electrons. The quantitative estimate of drug-likeness (QED) is 0.733. The van der Waals surface area contributed by atoms with E-state index < -0.39 is 0 Å². The highest BCUT2D eigenvalue weighted by molar-refractivity contribution is 7.13. The summed E-state index contributed by atoms with van der Waals surface area (Å²) in [4.78, 5) is 15.3. The van der Waals surface area contributed by atoms with Crippen LogP contribution in [0.15, 0.2) is 9.90 Å². The minimum absolute atomic E-state index is 0.0238. The van der Waals surface area contributed by atoms with E-state index in [1.54, 1.807) is 5.38 Å². The van der Waals surface area contributed by atoms with Crippen LogP contribution in [0.1, 0.15) is 28.9 Å². The number of nitrogens with zero attached hydrogens (tertiary/aromatic N) is 2. The van der Waals surface area contributed by atoms with Gasteiger partial charge in [0.1, 0.15) is 16.5 Å². The highest BCUT2D eigenvalue weighted by Crippen LogP contribution is 2.29. The van der Waals surface area contributed by atoms with Crippen LogP contribution in [0.5, 0.6) is 0 Å². The fourth-order valence-corrected chi connectivity index (χ4v) is 2.34. The SMILES string of the molecule is CC(=O)c1csc(-c2c(C)noc2C)n1. The third-order valence-corrected chi connectivity index (χ3v) is 2.97. The maximum absolute atomic E-state index is 11.1. The van der Waals surface area contributed by atoms with Crippen molar-refractivity contribution in [2.75, 3.05) is 0 Å². The standard InChI is InChI=1S/C10H10N2O2S/c1-5-9(7(3)14-12-5)10-11-8(4-15-10)6(2)13/h4H,1-3H3. The molecule has 0 unspecified atom stereocenters. The number of rotatable bonds is 2. The minimum atomic E-state index is -0.0238. The molecule has 2 heterocycles. The number of hydrogen-bond donors (Lipinski definition) is 0. The molecule has 0 saturated carbocycles. The zero-order chi connectivity index (χ0) is 11.0. The number of thiazole rings is 1. The van der Waals surface area contributed by atoms with Crippen LogP contribution in [0.25, 0.3) is 10.6 Å². The molecule has 0 aromatic carbocycles. The summed E-state index contributed by atoms with van der Waals surface area (Å²) in [6.07, 6.45) is 0. The molecule has 78 valence electrons. The second kappa shape index (κ2) is 3.58. The molecular weight excluding hydrogens is 212 g/mol. The number of aryl methyl sites for hydroxylation is 2. The summed E-state index contributed by atoms with van der Waals surface area (Å²) in [5.74, 6) is 0.709. The Balaban J connectivity index is 2.50. The van der Waals surface area contributed by atoms with E-state index in [0.717, 1.165) is 22.0 Å². The van der Waals surface area contributed by atoms with E-state index in [2.05, 4.69) is 10.1 Å². The molecule has 0 aliphatic heterocycles. The van der Waals surface area contributed by atoms with Crippen LogP contribution >= 0.6 is 11.3 Å². The lowest BCUT2D eigenvalue weighted by atomic mass is 10.2. The maximum Gasteiger partial charge on any atom is 0.178 e. The number of carbonyl (C=O) groups is 1. The summed E-state index contributed by atoms with van der Waals surface area (Å²) in [5, 5.41) is 6.40. The monoisotopic (exact) mass is 222 g/mol. The Kier molecular flexibility index (Phi) is 2.40. The molecule has 0 aliphatic carbocycles. The van der Waals surface area contributed by atoms with Gasteiger partial charge in [-0.25, -0.2) is 4.98 Å². The van der Waals surface area contributed by atoms with Crippen LogP contribution in [0.4, 0.5) is 0 Å². The molecule has 2 aromatic heterocycles. The Hall–Kier alpha value is -1.49. The Labute approximate surface area is 90.9 Å². The van der Waals surface area contributed by atoms with Gasteiger partial charge in [0.25, 0.3) is 0 Å². The topological polar surface area (TPSA) is 56.0 Å². The van der Waals surface area contributed by atoms with Gasteiger partial charge >= 0.3 is 0 Å². The second-order valence-electron chi connectivity index (χ2n) is 3.29. The van der Waals surface area contributed by atoms with Crippen molar-refractivity contribution in [3.05, 3.63) is 22.5 Å². The third-order valence-electron chi connectivity index (χ3n) is 2.11. The van der Waals surface area contributed by atoms with Crippen molar-refractivity contribution in [3.63, 3.8) is 0 Å². The van der Waals surface area contributed by atoms with E-state index in [0.29, 0.717) is 5.69 Å². The van der Waals surface area contributed by atoms with Crippen LogP contribution in [0.2, 0.25) is 0 Å². The Morgan fingerprint density at radius 3 is 2.67 bits per heavy atom. The molecule has 2 rings (SSSR count). The van der Waals surface area contributed by atoms with E-state index in [-0.39, 0.29) is 5.78 Å². The lowest BCUT2D eigenvalue weighted by Crippen LogP contribution is -1.91. The minimum Gasteiger partial charge on any atom is -0.361 e. The van der Waals surface area contributed by atoms with Gasteiger partial charge in [-0.1, -0.05) is 5.16 Å². The summed E-state index contributed by atoms with van der Waals surface area (Å²) in [6.45, 7) is 5.21. The van der Waals surface area contributed by atoms with Gasteiger partial charge in [0, 0.05) is 12.3 Å². The van der Waals surface area contributed by atoms with Crippen LogP contribution < -0.4 is 0 Å². The maximum atomic E-state index is 11.1. The van der Waals surface area contributed by atoms with Crippen molar-refractivity contribution in [1.29, 1.82) is 0 Å². The van der Waals surface area contributed by atoms with E-state index in [4.69, 9.17) is 4.52 Å². The molecule has 0 bridgehead atoms. The fraction of sp³-hybridized carbons (Fsp3) is 0.300. The molecule has 2 aromatic rings. The van der Waals surface area contributed by atoms with Gasteiger partial charge in [-0.2, -0.15) is 0 Å². The first-order valence-corrected chi connectivity index (χ1v) is 5.37. The van der Waals surface area contributed by atoms with Gasteiger partial charge in [-0.15, -0.1) is 11.3 Å². The number of hydrogen-bond acceptors (Lipinski definition) is 5. The number of aromatic nitrogens is 2. The van der Waals surface area contributed by atoms with Crippen molar-refractivity contribution in [1.82, 2.24) is 10.1 Å². The summed E-state index contributed by atoms with van der Waals surface area (Å²) >= 11 is 1.43. The molecule has 0 aliphatic rings. The molecule has 0 amide bonds. The molecule has 0 fully saturated rings. The first-order chi connectivity index (χ1) is 7.09. The van der Waals surface area contributed by atoms with E-state index in [1.807, 2.05) is 13.8 Å². The summed E-state index contributed by atoms with van der Waals surface area (Å²) in [6, 6.07) is 0. The predicted octanol–water partition coefficient (Wildman–Crippen LogP) is 2.62. The third kappa shape index (κ3) is 1.70. The second-order valence-corrected chi connectivity index (χ2v) is 4.15. The highest BCUT2D eigenvalue weighted by Gasteiger charge is 2.15. The Morgan fingerprint density at radius 2 is 2.20 bits per heavy atom. The lowest BCUT2D eigenvalue weighted by molar-refractivity contribution is 0.101. The summed E-state index contributed by atoms with van der Waals surface area (Å²) in [7, 11) is 0. The molecular formula is C10H10N2O2S. The average molecular weight is 222 g/mol. The van der Waals surface area contributed by atoms with Crippen molar-refractivity contribution in [2.45, 2.75) is 20.8 Å². The summed E-state index contributed by atoms with van der Waals surface area (Å²) in [5.41, 5.74) is 2.19. The Morgan fingerprint density at radius 1 is 1.47 bits per heavy atom.